The summed E-state index contributed by atoms with van der Waals surface area (Å²) in [6.07, 6.45) is 12.7. The van der Waals surface area contributed by atoms with Crippen LogP contribution in [-0.2, 0) is 4.74 Å². The monoisotopic (exact) mass is 420 g/mol. The van der Waals surface area contributed by atoms with Gasteiger partial charge in [-0.1, -0.05) is 19.8 Å². The van der Waals surface area contributed by atoms with E-state index in [1.807, 2.05) is 6.33 Å². The number of hydrogen-bond acceptors (Lipinski definition) is 6. The lowest BCUT2D eigenvalue weighted by atomic mass is 9.93. The number of halogens is 1. The van der Waals surface area contributed by atoms with Gasteiger partial charge in [-0.25, -0.2) is 9.99 Å². The number of nitrogens with one attached hydrogen (secondary N) is 1. The third kappa shape index (κ3) is 5.19. The minimum Gasteiger partial charge on any atom is -0.381 e. The third-order valence-corrected chi connectivity index (χ3v) is 6.41. The molecule has 0 spiro atoms. The number of aromatic nitrogens is 4. The first kappa shape index (κ1) is 20.8. The first-order chi connectivity index (χ1) is 14.2. The van der Waals surface area contributed by atoms with Gasteiger partial charge >= 0.3 is 0 Å². The molecule has 2 aromatic rings. The van der Waals surface area contributed by atoms with E-state index in [2.05, 4.69) is 36.9 Å². The topological polar surface area (TPSA) is 68.1 Å². The van der Waals surface area contributed by atoms with Gasteiger partial charge in [0.05, 0.1) is 6.33 Å². The molecule has 0 radical (unpaired) electrons. The molecule has 7 nitrogen and oxygen atoms in total. The van der Waals surface area contributed by atoms with Crippen LogP contribution in [0, 0.1) is 5.92 Å². The SMILES string of the molecule is CCCOCCCC1CCN(Nc2nc(Cl)nc3c2ncn3C2CCCC2)CC1. The summed E-state index contributed by atoms with van der Waals surface area (Å²) in [4.78, 5) is 13.6. The molecule has 0 bridgehead atoms. The molecule has 1 aliphatic heterocycles. The zero-order chi connectivity index (χ0) is 20.1. The molecule has 2 fully saturated rings. The second kappa shape index (κ2) is 10.0. The van der Waals surface area contributed by atoms with Crippen LogP contribution < -0.4 is 5.43 Å². The van der Waals surface area contributed by atoms with Gasteiger partial charge in [0.15, 0.2) is 17.0 Å². The van der Waals surface area contributed by atoms with Crippen LogP contribution in [0.5, 0.6) is 0 Å². The maximum absolute atomic E-state index is 6.26. The van der Waals surface area contributed by atoms with Crippen LogP contribution in [0.3, 0.4) is 0 Å². The van der Waals surface area contributed by atoms with Gasteiger partial charge in [-0.15, -0.1) is 0 Å². The van der Waals surface area contributed by atoms with Crippen LogP contribution in [0.1, 0.15) is 70.8 Å². The van der Waals surface area contributed by atoms with Crippen molar-refractivity contribution in [2.45, 2.75) is 70.8 Å². The highest BCUT2D eigenvalue weighted by Gasteiger charge is 2.24. The van der Waals surface area contributed by atoms with E-state index in [4.69, 9.17) is 16.3 Å². The molecule has 4 rings (SSSR count). The van der Waals surface area contributed by atoms with E-state index in [9.17, 15) is 0 Å². The first-order valence-corrected chi connectivity index (χ1v) is 11.6. The Morgan fingerprint density at radius 2 is 1.93 bits per heavy atom. The van der Waals surface area contributed by atoms with E-state index in [1.54, 1.807) is 0 Å². The van der Waals surface area contributed by atoms with Gasteiger partial charge < -0.3 is 14.7 Å². The van der Waals surface area contributed by atoms with E-state index in [1.165, 1.54) is 51.4 Å². The Morgan fingerprint density at radius 3 is 2.69 bits per heavy atom. The standard InChI is InChI=1S/C21H33ClN6O/c1-2-13-29-14-5-6-16-9-11-27(12-10-16)26-19-18-20(25-21(22)24-19)28(15-23-18)17-7-3-4-8-17/h15-17H,2-14H2,1H3,(H,24,25,26). The lowest BCUT2D eigenvalue weighted by Gasteiger charge is -2.32. The van der Waals surface area contributed by atoms with Crippen LogP contribution >= 0.6 is 11.6 Å². The summed E-state index contributed by atoms with van der Waals surface area (Å²) in [6.45, 7) is 5.95. The van der Waals surface area contributed by atoms with Gasteiger partial charge in [-0.2, -0.15) is 9.97 Å². The second-order valence-electron chi connectivity index (χ2n) is 8.40. The molecule has 29 heavy (non-hydrogen) atoms. The minimum absolute atomic E-state index is 0.279. The fourth-order valence-electron chi connectivity index (χ4n) is 4.62. The zero-order valence-corrected chi connectivity index (χ0v) is 18.2. The molecule has 1 aliphatic carbocycles. The van der Waals surface area contributed by atoms with Gasteiger partial charge in [0.1, 0.15) is 0 Å². The van der Waals surface area contributed by atoms with E-state index in [0.29, 0.717) is 6.04 Å². The lowest BCUT2D eigenvalue weighted by molar-refractivity contribution is 0.121. The van der Waals surface area contributed by atoms with Crippen molar-refractivity contribution in [1.82, 2.24) is 24.5 Å². The summed E-state index contributed by atoms with van der Waals surface area (Å²) in [5.74, 6) is 1.51. The minimum atomic E-state index is 0.279. The summed E-state index contributed by atoms with van der Waals surface area (Å²) in [5, 5.41) is 2.53. The van der Waals surface area contributed by atoms with E-state index in [0.717, 1.165) is 55.6 Å². The molecule has 0 unspecified atom stereocenters. The summed E-state index contributed by atoms with van der Waals surface area (Å²) >= 11 is 6.26. The van der Waals surface area contributed by atoms with Crippen molar-refractivity contribution in [3.8, 4) is 0 Å². The highest BCUT2D eigenvalue weighted by molar-refractivity contribution is 6.28. The molecule has 160 valence electrons. The van der Waals surface area contributed by atoms with Crippen LogP contribution in [0.15, 0.2) is 6.33 Å². The molecule has 2 aromatic heterocycles. The Hall–Kier alpha value is -1.44. The number of nitrogens with zero attached hydrogens (tertiary/aromatic N) is 5. The predicted molar refractivity (Wildman–Crippen MR) is 116 cm³/mol. The average Bonchev–Trinajstić information content (AvgIpc) is 3.38. The Labute approximate surface area is 178 Å². The van der Waals surface area contributed by atoms with Crippen molar-refractivity contribution in [2.24, 2.45) is 5.92 Å². The summed E-state index contributed by atoms with van der Waals surface area (Å²) in [6, 6.07) is 0.482. The first-order valence-electron chi connectivity index (χ1n) is 11.2. The van der Waals surface area contributed by atoms with Crippen LogP contribution in [0.4, 0.5) is 5.82 Å². The lowest BCUT2D eigenvalue weighted by Crippen LogP contribution is -2.38. The fraction of sp³-hybridized carbons (Fsp3) is 0.762. The zero-order valence-electron chi connectivity index (χ0n) is 17.4. The number of ether oxygens (including phenoxy) is 1. The van der Waals surface area contributed by atoms with Crippen molar-refractivity contribution in [2.75, 3.05) is 31.7 Å². The fourth-order valence-corrected chi connectivity index (χ4v) is 4.79. The van der Waals surface area contributed by atoms with Crippen molar-refractivity contribution < 1.29 is 4.74 Å². The molecule has 0 aromatic carbocycles. The van der Waals surface area contributed by atoms with Crippen LogP contribution in [0.2, 0.25) is 5.28 Å². The summed E-state index contributed by atoms with van der Waals surface area (Å²) in [5.41, 5.74) is 5.14. The molecule has 0 atom stereocenters. The number of hydrazine groups is 1. The van der Waals surface area contributed by atoms with E-state index < -0.39 is 0 Å². The quantitative estimate of drug-likeness (QED) is 0.462. The number of rotatable bonds is 9. The molecule has 8 heteroatoms. The van der Waals surface area contributed by atoms with Crippen molar-refractivity contribution in [3.05, 3.63) is 11.6 Å². The Bertz CT molecular complexity index is 783. The molecule has 3 heterocycles. The molecule has 2 aliphatic rings. The van der Waals surface area contributed by atoms with E-state index >= 15 is 0 Å². The smallest absolute Gasteiger partial charge is 0.226 e. The van der Waals surface area contributed by atoms with Crippen molar-refractivity contribution >= 4 is 28.6 Å². The molecule has 0 amide bonds. The second-order valence-corrected chi connectivity index (χ2v) is 8.74. The molecular weight excluding hydrogens is 388 g/mol. The van der Waals surface area contributed by atoms with Crippen LogP contribution in [-0.4, -0.2) is 50.8 Å². The number of imidazole rings is 1. The Morgan fingerprint density at radius 1 is 1.14 bits per heavy atom. The summed E-state index contributed by atoms with van der Waals surface area (Å²) < 4.78 is 7.79. The Kier molecular flexibility index (Phi) is 7.21. The number of hydrogen-bond donors (Lipinski definition) is 1. The number of anilines is 1. The normalized spacial score (nSPS) is 19.4. The molecule has 1 N–H and O–H groups in total. The number of fused-ring (bicyclic) bond motifs is 1. The van der Waals surface area contributed by atoms with Crippen molar-refractivity contribution in [1.29, 1.82) is 0 Å². The third-order valence-electron chi connectivity index (χ3n) is 6.24. The van der Waals surface area contributed by atoms with Gasteiger partial charge in [0, 0.05) is 32.3 Å². The number of piperidine rings is 1. The molecule has 1 saturated carbocycles. The molecule has 1 saturated heterocycles. The maximum atomic E-state index is 6.26. The molecular formula is C21H33ClN6O. The van der Waals surface area contributed by atoms with Gasteiger partial charge in [-0.05, 0) is 62.5 Å². The highest BCUT2D eigenvalue weighted by atomic mass is 35.5. The average molecular weight is 421 g/mol. The highest BCUT2D eigenvalue weighted by Crippen LogP contribution is 2.33. The summed E-state index contributed by atoms with van der Waals surface area (Å²) in [7, 11) is 0. The maximum Gasteiger partial charge on any atom is 0.226 e. The van der Waals surface area contributed by atoms with Gasteiger partial charge in [0.2, 0.25) is 5.28 Å². The Balaban J connectivity index is 1.34. The largest absolute Gasteiger partial charge is 0.381 e. The van der Waals surface area contributed by atoms with Crippen LogP contribution in [0.25, 0.3) is 11.2 Å². The van der Waals surface area contributed by atoms with Crippen molar-refractivity contribution in [3.63, 3.8) is 0 Å². The van der Waals surface area contributed by atoms with E-state index in [-0.39, 0.29) is 5.28 Å². The predicted octanol–water partition coefficient (Wildman–Crippen LogP) is 4.84. The van der Waals surface area contributed by atoms with Gasteiger partial charge in [-0.3, -0.25) is 0 Å². The van der Waals surface area contributed by atoms with Gasteiger partial charge in [0.25, 0.3) is 0 Å².